The van der Waals surface area contributed by atoms with Gasteiger partial charge in [0.2, 0.25) is 5.91 Å². The molecule has 1 aliphatic heterocycles. The molecule has 0 aliphatic carbocycles. The van der Waals surface area contributed by atoms with Gasteiger partial charge in [-0.25, -0.2) is 13.6 Å². The maximum atomic E-state index is 13.1. The number of nitrogens with zero attached hydrogens (tertiary/aromatic N) is 1. The summed E-state index contributed by atoms with van der Waals surface area (Å²) in [5, 5.41) is 0. The SMILES string of the molecule is NC(=O)CCC1CN(c2cc(F)cc(F)c2)C(=O)O1. The Hall–Kier alpha value is -2.18. The van der Waals surface area contributed by atoms with Crippen molar-refractivity contribution in [1.29, 1.82) is 0 Å². The summed E-state index contributed by atoms with van der Waals surface area (Å²) in [5.74, 6) is -2.04. The van der Waals surface area contributed by atoms with Crippen LogP contribution in [0.1, 0.15) is 12.8 Å². The third-order valence-electron chi connectivity index (χ3n) is 2.75. The third-order valence-corrected chi connectivity index (χ3v) is 2.75. The highest BCUT2D eigenvalue weighted by Gasteiger charge is 2.32. The van der Waals surface area contributed by atoms with E-state index in [4.69, 9.17) is 10.5 Å². The maximum Gasteiger partial charge on any atom is 0.414 e. The summed E-state index contributed by atoms with van der Waals surface area (Å²) in [4.78, 5) is 23.4. The molecule has 0 radical (unpaired) electrons. The Bertz CT molecular complexity index is 501. The summed E-state index contributed by atoms with van der Waals surface area (Å²) >= 11 is 0. The molecule has 2 amide bonds. The number of carbonyl (C=O) groups excluding carboxylic acids is 2. The van der Waals surface area contributed by atoms with Gasteiger partial charge in [0.1, 0.15) is 17.7 Å². The zero-order chi connectivity index (χ0) is 14.0. The topological polar surface area (TPSA) is 72.6 Å². The lowest BCUT2D eigenvalue weighted by Crippen LogP contribution is -2.25. The first-order valence-corrected chi connectivity index (χ1v) is 5.68. The van der Waals surface area contributed by atoms with Crippen LogP contribution in [0.15, 0.2) is 18.2 Å². The lowest BCUT2D eigenvalue weighted by atomic mass is 10.2. The summed E-state index contributed by atoms with van der Waals surface area (Å²) in [6.07, 6.45) is -0.829. The Kier molecular flexibility index (Phi) is 3.64. The van der Waals surface area contributed by atoms with E-state index < -0.39 is 29.7 Å². The fourth-order valence-corrected chi connectivity index (χ4v) is 1.88. The van der Waals surface area contributed by atoms with Gasteiger partial charge >= 0.3 is 6.09 Å². The van der Waals surface area contributed by atoms with Crippen LogP contribution in [0.4, 0.5) is 19.3 Å². The molecule has 1 aromatic rings. The van der Waals surface area contributed by atoms with Crippen LogP contribution >= 0.6 is 0 Å². The second kappa shape index (κ2) is 5.21. The number of anilines is 1. The zero-order valence-electron chi connectivity index (χ0n) is 9.94. The highest BCUT2D eigenvalue weighted by atomic mass is 19.1. The van der Waals surface area contributed by atoms with Crippen LogP contribution in [0.5, 0.6) is 0 Å². The van der Waals surface area contributed by atoms with E-state index in [1.54, 1.807) is 0 Å². The van der Waals surface area contributed by atoms with Gasteiger partial charge in [-0.05, 0) is 18.6 Å². The van der Waals surface area contributed by atoms with Gasteiger partial charge in [0.05, 0.1) is 12.2 Å². The number of hydrogen-bond donors (Lipinski definition) is 1. The van der Waals surface area contributed by atoms with Crippen LogP contribution in [-0.4, -0.2) is 24.6 Å². The Morgan fingerprint density at radius 2 is 2.00 bits per heavy atom. The highest BCUT2D eigenvalue weighted by Crippen LogP contribution is 2.25. The molecule has 0 saturated carbocycles. The number of cyclic esters (lactones) is 1. The Labute approximate surface area is 107 Å². The Balaban J connectivity index is 2.09. The minimum atomic E-state index is -0.775. The van der Waals surface area contributed by atoms with Crippen molar-refractivity contribution in [3.05, 3.63) is 29.8 Å². The van der Waals surface area contributed by atoms with Crippen LogP contribution in [0.3, 0.4) is 0 Å². The number of hydrogen-bond acceptors (Lipinski definition) is 3. The lowest BCUT2D eigenvalue weighted by Gasteiger charge is -2.13. The molecular weight excluding hydrogens is 258 g/mol. The number of ether oxygens (including phenoxy) is 1. The van der Waals surface area contributed by atoms with E-state index in [0.29, 0.717) is 0 Å². The molecule has 102 valence electrons. The molecular formula is C12H12F2N2O3. The molecule has 0 aromatic heterocycles. The molecule has 2 rings (SSSR count). The van der Waals surface area contributed by atoms with Gasteiger partial charge in [0, 0.05) is 12.5 Å². The van der Waals surface area contributed by atoms with Crippen molar-refractivity contribution in [3.8, 4) is 0 Å². The predicted octanol–water partition coefficient (Wildman–Crippen LogP) is 1.56. The summed E-state index contributed by atoms with van der Waals surface area (Å²) in [6.45, 7) is 0.134. The fourth-order valence-electron chi connectivity index (χ4n) is 1.88. The molecule has 1 unspecified atom stereocenters. The van der Waals surface area contributed by atoms with Crippen molar-refractivity contribution in [2.75, 3.05) is 11.4 Å². The van der Waals surface area contributed by atoms with Crippen LogP contribution in [0.2, 0.25) is 0 Å². The summed E-state index contributed by atoms with van der Waals surface area (Å²) in [5.41, 5.74) is 5.09. The van der Waals surface area contributed by atoms with Crippen molar-refractivity contribution in [3.63, 3.8) is 0 Å². The van der Waals surface area contributed by atoms with Gasteiger partial charge in [0.15, 0.2) is 0 Å². The molecule has 0 spiro atoms. The second-order valence-electron chi connectivity index (χ2n) is 4.25. The minimum absolute atomic E-state index is 0.0866. The molecule has 1 aliphatic rings. The van der Waals surface area contributed by atoms with Crippen molar-refractivity contribution < 1.29 is 23.1 Å². The van der Waals surface area contributed by atoms with E-state index in [-0.39, 0.29) is 25.1 Å². The van der Waals surface area contributed by atoms with E-state index >= 15 is 0 Å². The Morgan fingerprint density at radius 1 is 1.37 bits per heavy atom. The standard InChI is InChI=1S/C12H12F2N2O3/c13-7-3-8(14)5-9(4-7)16-6-10(19-12(16)18)1-2-11(15)17/h3-5,10H,1-2,6H2,(H2,15,17). The smallest absolute Gasteiger partial charge is 0.414 e. The molecule has 2 N–H and O–H groups in total. The number of nitrogens with two attached hydrogens (primary N) is 1. The van der Waals surface area contributed by atoms with Crippen molar-refractivity contribution in [2.24, 2.45) is 5.73 Å². The van der Waals surface area contributed by atoms with E-state index in [0.717, 1.165) is 23.1 Å². The van der Waals surface area contributed by atoms with E-state index in [1.165, 1.54) is 0 Å². The third kappa shape index (κ3) is 3.18. The van der Waals surface area contributed by atoms with Gasteiger partial charge in [-0.2, -0.15) is 0 Å². The van der Waals surface area contributed by atoms with Crippen LogP contribution in [-0.2, 0) is 9.53 Å². The van der Waals surface area contributed by atoms with E-state index in [1.807, 2.05) is 0 Å². The first-order valence-electron chi connectivity index (χ1n) is 5.68. The predicted molar refractivity (Wildman–Crippen MR) is 62.4 cm³/mol. The van der Waals surface area contributed by atoms with Gasteiger partial charge in [-0.15, -0.1) is 0 Å². The number of benzene rings is 1. The van der Waals surface area contributed by atoms with Crippen molar-refractivity contribution in [2.45, 2.75) is 18.9 Å². The number of carbonyl (C=O) groups is 2. The molecule has 1 heterocycles. The van der Waals surface area contributed by atoms with Crippen LogP contribution in [0.25, 0.3) is 0 Å². The largest absolute Gasteiger partial charge is 0.444 e. The summed E-state index contributed by atoms with van der Waals surface area (Å²) < 4.78 is 31.2. The normalized spacial score (nSPS) is 18.5. The maximum absolute atomic E-state index is 13.1. The lowest BCUT2D eigenvalue weighted by molar-refractivity contribution is -0.118. The fraction of sp³-hybridized carbons (Fsp3) is 0.333. The van der Waals surface area contributed by atoms with Gasteiger partial charge in [-0.3, -0.25) is 9.69 Å². The molecule has 0 bridgehead atoms. The van der Waals surface area contributed by atoms with Gasteiger partial charge < -0.3 is 10.5 Å². The second-order valence-corrected chi connectivity index (χ2v) is 4.25. The van der Waals surface area contributed by atoms with Crippen molar-refractivity contribution in [1.82, 2.24) is 0 Å². The molecule has 19 heavy (non-hydrogen) atoms. The first kappa shape index (κ1) is 13.3. The average Bonchev–Trinajstić information content (AvgIpc) is 2.66. The number of halogens is 2. The molecule has 1 fully saturated rings. The molecule has 1 atom stereocenters. The van der Waals surface area contributed by atoms with Crippen molar-refractivity contribution >= 4 is 17.7 Å². The molecule has 5 nitrogen and oxygen atoms in total. The van der Waals surface area contributed by atoms with Gasteiger partial charge in [0.25, 0.3) is 0 Å². The first-order chi connectivity index (χ1) is 8.95. The van der Waals surface area contributed by atoms with E-state index in [2.05, 4.69) is 0 Å². The molecule has 7 heteroatoms. The van der Waals surface area contributed by atoms with Gasteiger partial charge in [-0.1, -0.05) is 0 Å². The summed E-state index contributed by atoms with van der Waals surface area (Å²) in [6, 6.07) is 2.80. The number of amides is 2. The van der Waals surface area contributed by atoms with Crippen LogP contribution in [0, 0.1) is 11.6 Å². The zero-order valence-corrected chi connectivity index (χ0v) is 9.94. The average molecular weight is 270 g/mol. The monoisotopic (exact) mass is 270 g/mol. The highest BCUT2D eigenvalue weighted by molar-refractivity contribution is 5.89. The molecule has 1 saturated heterocycles. The number of rotatable bonds is 4. The number of primary amides is 1. The Morgan fingerprint density at radius 3 is 2.58 bits per heavy atom. The molecule has 1 aromatic carbocycles. The quantitative estimate of drug-likeness (QED) is 0.902. The summed E-state index contributed by atoms with van der Waals surface area (Å²) in [7, 11) is 0. The minimum Gasteiger partial charge on any atom is -0.444 e. The van der Waals surface area contributed by atoms with E-state index in [9.17, 15) is 18.4 Å². The van der Waals surface area contributed by atoms with Crippen LogP contribution < -0.4 is 10.6 Å².